The third kappa shape index (κ3) is 3.46. The average molecular weight is 425 g/mol. The summed E-state index contributed by atoms with van der Waals surface area (Å²) in [6.07, 6.45) is 0.981. The number of benzene rings is 2. The average Bonchev–Trinajstić information content (AvgIpc) is 2.84. The van der Waals surface area contributed by atoms with Crippen molar-refractivity contribution in [1.82, 2.24) is 9.47 Å². The molecule has 160 valence electrons. The van der Waals surface area contributed by atoms with Crippen molar-refractivity contribution in [1.29, 1.82) is 5.26 Å². The molecule has 3 heterocycles. The molecule has 2 atom stereocenters. The van der Waals surface area contributed by atoms with Gasteiger partial charge in [0.2, 0.25) is 0 Å². The van der Waals surface area contributed by atoms with Gasteiger partial charge in [0.1, 0.15) is 5.75 Å². The van der Waals surface area contributed by atoms with Crippen LogP contribution in [-0.4, -0.2) is 35.6 Å². The Bertz CT molecular complexity index is 1290. The highest BCUT2D eigenvalue weighted by atomic mass is 16.5. The summed E-state index contributed by atoms with van der Waals surface area (Å²) < 4.78 is 7.06. The third-order valence-corrected chi connectivity index (χ3v) is 6.53. The van der Waals surface area contributed by atoms with Crippen LogP contribution in [0.1, 0.15) is 34.0 Å². The van der Waals surface area contributed by atoms with Crippen molar-refractivity contribution in [2.45, 2.75) is 18.9 Å². The summed E-state index contributed by atoms with van der Waals surface area (Å²) in [6.45, 7) is 1.84. The van der Waals surface area contributed by atoms with E-state index < -0.39 is 0 Å². The molecule has 0 N–H and O–H groups in total. The van der Waals surface area contributed by atoms with Crippen LogP contribution in [0.25, 0.3) is 11.1 Å². The number of aromatic nitrogens is 1. The first kappa shape index (κ1) is 20.1. The monoisotopic (exact) mass is 425 g/mol. The third-order valence-electron chi connectivity index (χ3n) is 6.53. The molecule has 0 saturated carbocycles. The molecular weight excluding hydrogens is 402 g/mol. The highest BCUT2D eigenvalue weighted by Gasteiger charge is 2.37. The molecule has 1 fully saturated rings. The van der Waals surface area contributed by atoms with Gasteiger partial charge >= 0.3 is 0 Å². The number of pyridine rings is 1. The number of ether oxygens (including phenoxy) is 1. The molecule has 6 nitrogen and oxygen atoms in total. The molecule has 0 radical (unpaired) electrons. The number of hydrogen-bond acceptors (Lipinski definition) is 4. The second kappa shape index (κ2) is 8.01. The van der Waals surface area contributed by atoms with Gasteiger partial charge in [0.15, 0.2) is 0 Å². The van der Waals surface area contributed by atoms with Gasteiger partial charge in [-0.3, -0.25) is 9.59 Å². The van der Waals surface area contributed by atoms with Gasteiger partial charge in [-0.25, -0.2) is 0 Å². The van der Waals surface area contributed by atoms with Crippen LogP contribution in [0.4, 0.5) is 0 Å². The van der Waals surface area contributed by atoms with Crippen molar-refractivity contribution < 1.29 is 9.53 Å². The van der Waals surface area contributed by atoms with E-state index in [4.69, 9.17) is 4.74 Å². The van der Waals surface area contributed by atoms with Crippen LogP contribution in [0.5, 0.6) is 5.75 Å². The molecule has 0 unspecified atom stereocenters. The van der Waals surface area contributed by atoms with Crippen LogP contribution in [0.3, 0.4) is 0 Å². The Morgan fingerprint density at radius 2 is 1.88 bits per heavy atom. The smallest absolute Gasteiger partial charge is 0.258 e. The largest absolute Gasteiger partial charge is 0.497 e. The first-order valence-corrected chi connectivity index (χ1v) is 10.7. The maximum atomic E-state index is 13.3. The van der Waals surface area contributed by atoms with E-state index in [1.54, 1.807) is 49.6 Å². The lowest BCUT2D eigenvalue weighted by molar-refractivity contribution is 0.0594. The molecule has 2 aromatic carbocycles. The van der Waals surface area contributed by atoms with Gasteiger partial charge in [0.05, 0.1) is 18.7 Å². The van der Waals surface area contributed by atoms with Gasteiger partial charge in [0, 0.05) is 42.4 Å². The van der Waals surface area contributed by atoms with Gasteiger partial charge < -0.3 is 14.2 Å². The minimum atomic E-state index is -0.0257. The maximum absolute atomic E-state index is 13.3. The van der Waals surface area contributed by atoms with E-state index in [2.05, 4.69) is 6.07 Å². The Morgan fingerprint density at radius 1 is 1.06 bits per heavy atom. The number of rotatable bonds is 3. The molecule has 2 aliphatic rings. The Morgan fingerprint density at radius 3 is 2.62 bits per heavy atom. The summed E-state index contributed by atoms with van der Waals surface area (Å²) in [4.78, 5) is 28.3. The molecule has 0 aliphatic carbocycles. The van der Waals surface area contributed by atoms with E-state index in [1.807, 2.05) is 27.7 Å². The quantitative estimate of drug-likeness (QED) is 0.642. The summed E-state index contributed by atoms with van der Waals surface area (Å²) in [6, 6.07) is 20.4. The van der Waals surface area contributed by atoms with Crippen molar-refractivity contribution in [2.75, 3.05) is 20.2 Å². The Hall–Kier alpha value is -3.85. The first-order chi connectivity index (χ1) is 15.6. The second-order valence-electron chi connectivity index (χ2n) is 8.52. The van der Waals surface area contributed by atoms with Crippen LogP contribution in [0, 0.1) is 17.2 Å². The zero-order valence-electron chi connectivity index (χ0n) is 17.8. The van der Waals surface area contributed by atoms with Gasteiger partial charge in [-0.2, -0.15) is 5.26 Å². The van der Waals surface area contributed by atoms with Crippen LogP contribution in [0.2, 0.25) is 0 Å². The number of methoxy groups -OCH3 is 1. The summed E-state index contributed by atoms with van der Waals surface area (Å²) in [5, 5.41) is 9.19. The molecular formula is C26H23N3O3. The predicted molar refractivity (Wildman–Crippen MR) is 121 cm³/mol. The lowest BCUT2D eigenvalue weighted by atomic mass is 9.82. The summed E-state index contributed by atoms with van der Waals surface area (Å²) >= 11 is 0. The molecule has 1 aromatic heterocycles. The number of carbonyl (C=O) groups excluding carboxylic acids is 1. The van der Waals surface area contributed by atoms with Crippen LogP contribution in [0.15, 0.2) is 65.5 Å². The van der Waals surface area contributed by atoms with Crippen molar-refractivity contribution in [3.05, 3.63) is 87.8 Å². The van der Waals surface area contributed by atoms with Crippen molar-refractivity contribution in [3.8, 4) is 22.9 Å². The summed E-state index contributed by atoms with van der Waals surface area (Å²) in [5.74, 6) is 1.11. The minimum absolute atomic E-state index is 0.0167. The SMILES string of the molecule is COc1ccc(C(=O)N2C[C@H]3C[C@H](C2)c2ccc(-c4cccc(C#N)c4)c(=O)n2C3)cc1. The Kier molecular flexibility index (Phi) is 5.02. The van der Waals surface area contributed by atoms with Crippen LogP contribution >= 0.6 is 0 Å². The molecule has 5 rings (SSSR count). The number of amides is 1. The highest BCUT2D eigenvalue weighted by Crippen LogP contribution is 2.36. The molecule has 3 aromatic rings. The number of likely N-dealkylation sites (tertiary alicyclic amines) is 1. The number of hydrogen-bond donors (Lipinski definition) is 0. The Balaban J connectivity index is 1.43. The molecule has 32 heavy (non-hydrogen) atoms. The standard InChI is InChI=1S/C26H23N3O3/c1-32-22-7-5-19(6-8-22)25(30)28-14-18-12-21(16-28)24-10-9-23(26(31)29(24)15-18)20-4-2-3-17(11-20)13-27/h2-11,18,21H,12,14-16H2,1H3/t18-,21-/m1/s1. The molecule has 0 spiro atoms. The van der Waals surface area contributed by atoms with Gasteiger partial charge in [0.25, 0.3) is 11.5 Å². The fraction of sp³-hybridized carbons (Fsp3) is 0.269. The topological polar surface area (TPSA) is 75.3 Å². The molecule has 2 bridgehead atoms. The van der Waals surface area contributed by atoms with Crippen LogP contribution in [-0.2, 0) is 6.54 Å². The number of fused-ring (bicyclic) bond motifs is 4. The zero-order valence-corrected chi connectivity index (χ0v) is 17.8. The fourth-order valence-electron chi connectivity index (χ4n) is 5.00. The van der Waals surface area contributed by atoms with Gasteiger partial charge in [-0.15, -0.1) is 0 Å². The normalized spacial score (nSPS) is 19.1. The van der Waals surface area contributed by atoms with E-state index in [1.165, 1.54) is 0 Å². The minimum Gasteiger partial charge on any atom is -0.497 e. The zero-order chi connectivity index (χ0) is 22.2. The summed E-state index contributed by atoms with van der Waals surface area (Å²) in [7, 11) is 1.60. The van der Waals surface area contributed by atoms with Crippen molar-refractivity contribution >= 4 is 5.91 Å². The van der Waals surface area contributed by atoms with Gasteiger partial charge in [-0.05, 0) is 66.4 Å². The highest BCUT2D eigenvalue weighted by molar-refractivity contribution is 5.94. The lowest BCUT2D eigenvalue weighted by Gasteiger charge is -2.43. The summed E-state index contributed by atoms with van der Waals surface area (Å²) in [5.41, 5.74) is 3.51. The van der Waals surface area contributed by atoms with E-state index in [9.17, 15) is 14.9 Å². The number of piperidine rings is 1. The molecule has 1 amide bonds. The van der Waals surface area contributed by atoms with E-state index in [0.29, 0.717) is 36.3 Å². The van der Waals surface area contributed by atoms with Crippen LogP contribution < -0.4 is 10.3 Å². The molecule has 1 saturated heterocycles. The van der Waals surface area contributed by atoms with Gasteiger partial charge in [-0.1, -0.05) is 12.1 Å². The lowest BCUT2D eigenvalue weighted by Crippen LogP contribution is -2.49. The van der Waals surface area contributed by atoms with E-state index >= 15 is 0 Å². The number of nitrogens with zero attached hydrogens (tertiary/aromatic N) is 3. The Labute approximate surface area is 186 Å². The van der Waals surface area contributed by atoms with Crippen molar-refractivity contribution in [3.63, 3.8) is 0 Å². The first-order valence-electron chi connectivity index (χ1n) is 10.7. The second-order valence-corrected chi connectivity index (χ2v) is 8.52. The molecule has 2 aliphatic heterocycles. The number of carbonyl (C=O) groups is 1. The van der Waals surface area contributed by atoms with E-state index in [-0.39, 0.29) is 23.3 Å². The number of nitriles is 1. The van der Waals surface area contributed by atoms with E-state index in [0.717, 1.165) is 23.4 Å². The maximum Gasteiger partial charge on any atom is 0.258 e. The van der Waals surface area contributed by atoms with Crippen molar-refractivity contribution in [2.24, 2.45) is 5.92 Å². The predicted octanol–water partition coefficient (Wildman–Crippen LogP) is 3.66. The molecule has 6 heteroatoms. The fourth-order valence-corrected chi connectivity index (χ4v) is 5.00.